The number of benzene rings is 2. The lowest BCUT2D eigenvalue weighted by Crippen LogP contribution is -2.09. The van der Waals surface area contributed by atoms with Crippen LogP contribution in [0.15, 0.2) is 53.6 Å². The molecule has 1 N–H and O–H groups in total. The minimum atomic E-state index is -4.61. The molecule has 1 aromatic heterocycles. The molecule has 0 fully saturated rings. The molecule has 2 aromatic carbocycles. The summed E-state index contributed by atoms with van der Waals surface area (Å²) in [6.07, 6.45) is -3.18. The maximum Gasteiger partial charge on any atom is 0.418 e. The predicted molar refractivity (Wildman–Crippen MR) is 109 cm³/mol. The molecule has 0 saturated carbocycles. The molecule has 28 heavy (non-hydrogen) atoms. The molecule has 0 bridgehead atoms. The first-order chi connectivity index (χ1) is 13.3. The van der Waals surface area contributed by atoms with Crippen LogP contribution < -0.4 is 10.2 Å². The van der Waals surface area contributed by atoms with Gasteiger partial charge in [0.1, 0.15) is 5.75 Å². The zero-order valence-corrected chi connectivity index (χ0v) is 16.7. The lowest BCUT2D eigenvalue weighted by Gasteiger charge is -2.14. The van der Waals surface area contributed by atoms with E-state index in [0.29, 0.717) is 0 Å². The minimum absolute atomic E-state index is 0.103. The van der Waals surface area contributed by atoms with Crippen molar-refractivity contribution < 1.29 is 17.9 Å². The zero-order chi connectivity index (χ0) is 20.3. The van der Waals surface area contributed by atoms with E-state index in [1.165, 1.54) is 23.6 Å². The molecule has 9 heteroatoms. The monoisotopic (exact) mass is 444 g/mol. The van der Waals surface area contributed by atoms with Crippen LogP contribution in [-0.2, 0) is 6.18 Å². The van der Waals surface area contributed by atoms with Crippen LogP contribution in [0.4, 0.5) is 18.9 Å². The van der Waals surface area contributed by atoms with E-state index in [-0.39, 0.29) is 15.7 Å². The Bertz CT molecular complexity index is 1000. The Morgan fingerprint density at radius 3 is 2.43 bits per heavy atom. The van der Waals surface area contributed by atoms with Crippen molar-refractivity contribution in [1.82, 2.24) is 0 Å². The highest BCUT2D eigenvalue weighted by Gasteiger charge is 2.35. The third kappa shape index (κ3) is 4.79. The first kappa shape index (κ1) is 20.5. The van der Waals surface area contributed by atoms with Gasteiger partial charge < -0.3 is 4.74 Å². The van der Waals surface area contributed by atoms with Crippen molar-refractivity contribution in [3.05, 3.63) is 69.0 Å². The maximum atomic E-state index is 13.2. The molecule has 3 aromatic rings. The summed E-state index contributed by atoms with van der Waals surface area (Å²) in [4.78, 5) is 1.75. The Morgan fingerprint density at radius 2 is 1.79 bits per heavy atom. The summed E-state index contributed by atoms with van der Waals surface area (Å²) in [7, 11) is 1.60. The molecule has 0 amide bonds. The van der Waals surface area contributed by atoms with Gasteiger partial charge in [0.2, 0.25) is 0 Å². The van der Waals surface area contributed by atoms with Crippen molar-refractivity contribution >= 4 is 46.4 Å². The fourth-order valence-electron chi connectivity index (χ4n) is 2.40. The summed E-state index contributed by atoms with van der Waals surface area (Å²) in [5, 5.41) is 3.63. The minimum Gasteiger partial charge on any atom is -0.497 e. The molecule has 3 nitrogen and oxygen atoms in total. The predicted octanol–water partition coefficient (Wildman–Crippen LogP) is 7.20. The van der Waals surface area contributed by atoms with Gasteiger partial charge in [-0.25, -0.2) is 0 Å². The van der Waals surface area contributed by atoms with Crippen molar-refractivity contribution in [2.45, 2.75) is 6.18 Å². The van der Waals surface area contributed by atoms with E-state index >= 15 is 0 Å². The third-order valence-corrected chi connectivity index (χ3v) is 5.32. The molecule has 0 unspecified atom stereocenters. The van der Waals surface area contributed by atoms with Crippen LogP contribution in [0.3, 0.4) is 0 Å². The topological polar surface area (TPSA) is 33.6 Å². The number of hydrazone groups is 1. The summed E-state index contributed by atoms with van der Waals surface area (Å²) in [6, 6.07) is 13.3. The van der Waals surface area contributed by atoms with Gasteiger partial charge in [-0.1, -0.05) is 23.2 Å². The van der Waals surface area contributed by atoms with Gasteiger partial charge in [-0.2, -0.15) is 18.3 Å². The van der Waals surface area contributed by atoms with E-state index < -0.39 is 11.7 Å². The van der Waals surface area contributed by atoms with E-state index in [4.69, 9.17) is 27.9 Å². The third-order valence-electron chi connectivity index (χ3n) is 3.73. The number of hydrogen-bond donors (Lipinski definition) is 1. The van der Waals surface area contributed by atoms with Crippen LogP contribution in [0.5, 0.6) is 5.75 Å². The lowest BCUT2D eigenvalue weighted by molar-refractivity contribution is -0.136. The Labute approximate surface area is 173 Å². The molecule has 0 spiro atoms. The summed E-state index contributed by atoms with van der Waals surface area (Å²) in [6.45, 7) is 0. The number of rotatable bonds is 5. The number of nitrogens with zero attached hydrogens (tertiary/aromatic N) is 1. The largest absolute Gasteiger partial charge is 0.497 e. The highest BCUT2D eigenvalue weighted by Crippen LogP contribution is 2.40. The van der Waals surface area contributed by atoms with E-state index in [9.17, 15) is 13.2 Å². The first-order valence-corrected chi connectivity index (χ1v) is 9.45. The lowest BCUT2D eigenvalue weighted by atomic mass is 10.1. The van der Waals surface area contributed by atoms with Gasteiger partial charge in [-0.3, -0.25) is 5.43 Å². The van der Waals surface area contributed by atoms with Gasteiger partial charge in [-0.05, 0) is 54.1 Å². The van der Waals surface area contributed by atoms with Gasteiger partial charge in [0.05, 0.1) is 29.6 Å². The van der Waals surface area contributed by atoms with Crippen molar-refractivity contribution in [3.8, 4) is 16.2 Å². The van der Waals surface area contributed by atoms with Gasteiger partial charge in [0.25, 0.3) is 0 Å². The highest BCUT2D eigenvalue weighted by atomic mass is 35.5. The molecule has 3 rings (SSSR count). The molecule has 0 aliphatic carbocycles. The Kier molecular flexibility index (Phi) is 6.17. The molecule has 0 saturated heterocycles. The van der Waals surface area contributed by atoms with Gasteiger partial charge in [0.15, 0.2) is 0 Å². The number of halogens is 5. The molecule has 146 valence electrons. The molecule has 1 heterocycles. The van der Waals surface area contributed by atoms with Gasteiger partial charge >= 0.3 is 6.18 Å². The molecule has 0 atom stereocenters. The smallest absolute Gasteiger partial charge is 0.418 e. The number of ether oxygens (including phenoxy) is 1. The van der Waals surface area contributed by atoms with Gasteiger partial charge in [0, 0.05) is 14.8 Å². The van der Waals surface area contributed by atoms with Crippen molar-refractivity contribution in [2.24, 2.45) is 5.10 Å². The number of hydrogen-bond acceptors (Lipinski definition) is 4. The van der Waals surface area contributed by atoms with Crippen molar-refractivity contribution in [3.63, 3.8) is 0 Å². The number of thiophene rings is 1. The second kappa shape index (κ2) is 8.43. The van der Waals surface area contributed by atoms with Crippen LogP contribution in [0.25, 0.3) is 10.4 Å². The Balaban J connectivity index is 1.78. The summed E-state index contributed by atoms with van der Waals surface area (Å²) >= 11 is 13.0. The van der Waals surface area contributed by atoms with E-state index in [1.54, 1.807) is 7.11 Å². The molecular formula is C19H13Cl2F3N2OS. The number of alkyl halides is 3. The van der Waals surface area contributed by atoms with E-state index in [1.807, 2.05) is 36.4 Å². The van der Waals surface area contributed by atoms with E-state index in [2.05, 4.69) is 10.5 Å². The number of anilines is 1. The standard InChI is InChI=1S/C19H13Cl2F3N2OS/c1-27-13-4-2-11(3-5-13)17-7-6-14(28-17)10-25-26-18-15(19(22,23)24)8-12(20)9-16(18)21/h2-10,26H,1H3/b25-10-. The highest BCUT2D eigenvalue weighted by molar-refractivity contribution is 7.17. The Hall–Kier alpha value is -2.22. The number of nitrogens with one attached hydrogen (secondary N) is 1. The zero-order valence-electron chi connectivity index (χ0n) is 14.3. The van der Waals surface area contributed by atoms with Gasteiger partial charge in [-0.15, -0.1) is 11.3 Å². The maximum absolute atomic E-state index is 13.2. The van der Waals surface area contributed by atoms with Crippen molar-refractivity contribution in [2.75, 3.05) is 12.5 Å². The molecule has 0 aliphatic heterocycles. The average molecular weight is 445 g/mol. The van der Waals surface area contributed by atoms with Crippen LogP contribution in [0.1, 0.15) is 10.4 Å². The average Bonchev–Trinajstić information content (AvgIpc) is 3.11. The Morgan fingerprint density at radius 1 is 1.07 bits per heavy atom. The van der Waals surface area contributed by atoms with Crippen LogP contribution >= 0.6 is 34.5 Å². The molecule has 0 aliphatic rings. The van der Waals surface area contributed by atoms with Crippen LogP contribution in [0.2, 0.25) is 10.0 Å². The SMILES string of the molecule is COc1ccc(-c2ccc(/C=N\Nc3c(Cl)cc(Cl)cc3C(F)(F)F)s2)cc1. The number of methoxy groups -OCH3 is 1. The van der Waals surface area contributed by atoms with E-state index in [0.717, 1.165) is 27.1 Å². The summed E-state index contributed by atoms with van der Waals surface area (Å²) in [5.74, 6) is 0.756. The normalized spacial score (nSPS) is 11.8. The second-order valence-corrected chi connectivity index (χ2v) is 7.57. The van der Waals surface area contributed by atoms with Crippen LogP contribution in [0, 0.1) is 0 Å². The summed E-state index contributed by atoms with van der Waals surface area (Å²) < 4.78 is 44.7. The second-order valence-electron chi connectivity index (χ2n) is 5.61. The fourth-order valence-corrected chi connectivity index (χ4v) is 3.83. The quantitative estimate of drug-likeness (QED) is 0.333. The molecule has 0 radical (unpaired) electrons. The first-order valence-electron chi connectivity index (χ1n) is 7.87. The van der Waals surface area contributed by atoms with Crippen molar-refractivity contribution in [1.29, 1.82) is 0 Å². The summed E-state index contributed by atoms with van der Waals surface area (Å²) in [5.41, 5.74) is 2.05. The van der Waals surface area contributed by atoms with Crippen LogP contribution in [-0.4, -0.2) is 13.3 Å². The fraction of sp³-hybridized carbons (Fsp3) is 0.105. The molecular weight excluding hydrogens is 432 g/mol.